The number of aliphatic hydroxyl groups excluding tert-OH is 1. The van der Waals surface area contributed by atoms with Gasteiger partial charge in [0.2, 0.25) is 0 Å². The third-order valence-corrected chi connectivity index (χ3v) is 5.01. The van der Waals surface area contributed by atoms with Gasteiger partial charge in [0.25, 0.3) is 10.0 Å². The molecule has 2 rings (SSSR count). The number of rotatable bonds is 6. The quantitative estimate of drug-likeness (QED) is 0.892. The average molecular weight is 305 g/mol. The molecule has 0 aliphatic heterocycles. The van der Waals surface area contributed by atoms with E-state index >= 15 is 0 Å². The minimum absolute atomic E-state index is 0.0489. The van der Waals surface area contributed by atoms with Crippen molar-refractivity contribution in [2.24, 2.45) is 0 Å². The molecule has 2 aromatic carbocycles. The fraction of sp³-hybridized carbons (Fsp3) is 0.250. The number of aryl methyl sites for hydroxylation is 1. The summed E-state index contributed by atoms with van der Waals surface area (Å²) in [6, 6.07) is 15.7. The molecule has 0 spiro atoms. The first kappa shape index (κ1) is 15.5. The van der Waals surface area contributed by atoms with E-state index in [1.54, 1.807) is 48.5 Å². The summed E-state index contributed by atoms with van der Waals surface area (Å²) in [6.07, 6.45) is 0.389. The molecule has 0 unspecified atom stereocenters. The molecule has 4 nitrogen and oxygen atoms in total. The standard InChI is InChI=1S/C16H19NO3S/c1-14-8-10-16(11-9-14)21(19,20)17(12-5-13-18)15-6-3-2-4-7-15/h2-4,6-11,18H,5,12-13H2,1H3. The molecule has 0 atom stereocenters. The van der Waals surface area contributed by atoms with Crippen LogP contribution in [0.4, 0.5) is 5.69 Å². The fourth-order valence-corrected chi connectivity index (χ4v) is 3.54. The molecule has 0 bridgehead atoms. The fourth-order valence-electron chi connectivity index (χ4n) is 2.03. The molecular weight excluding hydrogens is 286 g/mol. The van der Waals surface area contributed by atoms with E-state index in [0.717, 1.165) is 5.56 Å². The second kappa shape index (κ2) is 6.74. The predicted molar refractivity (Wildman–Crippen MR) is 83.9 cm³/mol. The Morgan fingerprint density at radius 3 is 2.19 bits per heavy atom. The Balaban J connectivity index is 2.42. The van der Waals surface area contributed by atoms with Crippen molar-refractivity contribution in [1.29, 1.82) is 0 Å². The Morgan fingerprint density at radius 2 is 1.62 bits per heavy atom. The second-order valence-electron chi connectivity index (χ2n) is 4.80. The molecule has 21 heavy (non-hydrogen) atoms. The van der Waals surface area contributed by atoms with Crippen molar-refractivity contribution in [3.63, 3.8) is 0 Å². The van der Waals surface area contributed by atoms with Crippen molar-refractivity contribution < 1.29 is 13.5 Å². The first-order chi connectivity index (χ1) is 10.1. The van der Waals surface area contributed by atoms with Crippen LogP contribution in [-0.2, 0) is 10.0 Å². The van der Waals surface area contributed by atoms with Gasteiger partial charge in [-0.05, 0) is 37.6 Å². The molecule has 0 fully saturated rings. The van der Waals surface area contributed by atoms with Crippen LogP contribution in [0.25, 0.3) is 0 Å². The van der Waals surface area contributed by atoms with Gasteiger partial charge in [-0.2, -0.15) is 0 Å². The summed E-state index contributed by atoms with van der Waals surface area (Å²) in [7, 11) is -3.62. The van der Waals surface area contributed by atoms with Crippen molar-refractivity contribution in [2.45, 2.75) is 18.2 Å². The zero-order valence-electron chi connectivity index (χ0n) is 11.9. The lowest BCUT2D eigenvalue weighted by atomic mass is 10.2. The highest BCUT2D eigenvalue weighted by atomic mass is 32.2. The number of hydrogen-bond acceptors (Lipinski definition) is 3. The van der Waals surface area contributed by atoms with Gasteiger partial charge >= 0.3 is 0 Å². The van der Waals surface area contributed by atoms with E-state index in [2.05, 4.69) is 0 Å². The molecule has 2 aromatic rings. The number of aliphatic hydroxyl groups is 1. The molecule has 1 N–H and O–H groups in total. The van der Waals surface area contributed by atoms with Crippen LogP contribution < -0.4 is 4.31 Å². The van der Waals surface area contributed by atoms with Crippen molar-refractivity contribution in [2.75, 3.05) is 17.5 Å². The van der Waals surface area contributed by atoms with Gasteiger partial charge in [0.1, 0.15) is 0 Å². The average Bonchev–Trinajstić information content (AvgIpc) is 2.49. The van der Waals surface area contributed by atoms with Crippen molar-refractivity contribution >= 4 is 15.7 Å². The van der Waals surface area contributed by atoms with Gasteiger partial charge in [-0.3, -0.25) is 4.31 Å². The number of nitrogens with zero attached hydrogens (tertiary/aromatic N) is 1. The van der Waals surface area contributed by atoms with Gasteiger partial charge in [-0.1, -0.05) is 35.9 Å². The molecule has 0 heterocycles. The molecular formula is C16H19NO3S. The number of sulfonamides is 1. The van der Waals surface area contributed by atoms with Crippen molar-refractivity contribution in [3.05, 3.63) is 60.2 Å². The summed E-state index contributed by atoms with van der Waals surface area (Å²) in [5, 5.41) is 9.01. The molecule has 0 aromatic heterocycles. The maximum absolute atomic E-state index is 12.8. The topological polar surface area (TPSA) is 57.6 Å². The zero-order valence-corrected chi connectivity index (χ0v) is 12.8. The highest BCUT2D eigenvalue weighted by molar-refractivity contribution is 7.92. The highest BCUT2D eigenvalue weighted by Gasteiger charge is 2.24. The minimum atomic E-state index is -3.62. The summed E-state index contributed by atoms with van der Waals surface area (Å²) in [5.41, 5.74) is 1.61. The monoisotopic (exact) mass is 305 g/mol. The van der Waals surface area contributed by atoms with Crippen LogP contribution >= 0.6 is 0 Å². The van der Waals surface area contributed by atoms with Gasteiger partial charge in [0.05, 0.1) is 10.6 Å². The summed E-state index contributed by atoms with van der Waals surface area (Å²) < 4.78 is 26.9. The second-order valence-corrected chi connectivity index (χ2v) is 6.67. The predicted octanol–water partition coefficient (Wildman–Crippen LogP) is 2.57. The van der Waals surface area contributed by atoms with Gasteiger partial charge in [0.15, 0.2) is 0 Å². The molecule has 0 saturated carbocycles. The lowest BCUT2D eigenvalue weighted by Gasteiger charge is -2.24. The first-order valence-corrected chi connectivity index (χ1v) is 8.25. The van der Waals surface area contributed by atoms with Gasteiger partial charge in [-0.15, -0.1) is 0 Å². The number of benzene rings is 2. The van der Waals surface area contributed by atoms with Crippen LogP contribution in [0.15, 0.2) is 59.5 Å². The number of anilines is 1. The number of hydrogen-bond donors (Lipinski definition) is 1. The number of para-hydroxylation sites is 1. The largest absolute Gasteiger partial charge is 0.396 e. The van der Waals surface area contributed by atoms with E-state index in [1.165, 1.54) is 4.31 Å². The third kappa shape index (κ3) is 3.62. The van der Waals surface area contributed by atoms with E-state index in [9.17, 15) is 8.42 Å². The van der Waals surface area contributed by atoms with Crippen LogP contribution in [0.3, 0.4) is 0 Å². The lowest BCUT2D eigenvalue weighted by Crippen LogP contribution is -2.32. The first-order valence-electron chi connectivity index (χ1n) is 6.81. The third-order valence-electron chi connectivity index (χ3n) is 3.17. The van der Waals surface area contributed by atoms with Crippen LogP contribution in [0, 0.1) is 6.92 Å². The van der Waals surface area contributed by atoms with Crippen molar-refractivity contribution in [3.8, 4) is 0 Å². The molecule has 0 saturated heterocycles. The maximum atomic E-state index is 12.8. The van der Waals surface area contributed by atoms with Crippen LogP contribution in [0.1, 0.15) is 12.0 Å². The Bertz CT molecular complexity index is 666. The van der Waals surface area contributed by atoms with E-state index in [0.29, 0.717) is 12.1 Å². The smallest absolute Gasteiger partial charge is 0.264 e. The van der Waals surface area contributed by atoms with Gasteiger partial charge < -0.3 is 5.11 Å². The van der Waals surface area contributed by atoms with Gasteiger partial charge in [0, 0.05) is 13.2 Å². The molecule has 5 heteroatoms. The van der Waals surface area contributed by atoms with Crippen LogP contribution in [-0.4, -0.2) is 26.7 Å². The highest BCUT2D eigenvalue weighted by Crippen LogP contribution is 2.23. The molecule has 0 radical (unpaired) electrons. The summed E-state index contributed by atoms with van der Waals surface area (Å²) in [4.78, 5) is 0.259. The SMILES string of the molecule is Cc1ccc(S(=O)(=O)N(CCCO)c2ccccc2)cc1. The Kier molecular flexibility index (Phi) is 4.98. The van der Waals surface area contributed by atoms with Gasteiger partial charge in [-0.25, -0.2) is 8.42 Å². The summed E-state index contributed by atoms with van der Waals surface area (Å²) in [6.45, 7) is 2.11. The van der Waals surface area contributed by atoms with Crippen LogP contribution in [0.2, 0.25) is 0 Å². The zero-order chi connectivity index (χ0) is 15.3. The van der Waals surface area contributed by atoms with Crippen LogP contribution in [0.5, 0.6) is 0 Å². The van der Waals surface area contributed by atoms with E-state index in [-0.39, 0.29) is 18.0 Å². The molecule has 0 aliphatic rings. The lowest BCUT2D eigenvalue weighted by molar-refractivity contribution is 0.291. The maximum Gasteiger partial charge on any atom is 0.264 e. The Morgan fingerprint density at radius 1 is 1.00 bits per heavy atom. The molecule has 0 aliphatic carbocycles. The Labute approximate surface area is 125 Å². The van der Waals surface area contributed by atoms with Crippen molar-refractivity contribution in [1.82, 2.24) is 0 Å². The van der Waals surface area contributed by atoms with E-state index < -0.39 is 10.0 Å². The molecule has 0 amide bonds. The summed E-state index contributed by atoms with van der Waals surface area (Å²) in [5.74, 6) is 0. The molecule has 112 valence electrons. The normalized spacial score (nSPS) is 11.3. The Hall–Kier alpha value is -1.85. The summed E-state index contributed by atoms with van der Waals surface area (Å²) >= 11 is 0. The minimum Gasteiger partial charge on any atom is -0.396 e. The van der Waals surface area contributed by atoms with E-state index in [4.69, 9.17) is 5.11 Å². The van der Waals surface area contributed by atoms with E-state index in [1.807, 2.05) is 13.0 Å².